The van der Waals surface area contributed by atoms with E-state index in [0.29, 0.717) is 16.8 Å². The van der Waals surface area contributed by atoms with E-state index in [4.69, 9.17) is 21.1 Å². The highest BCUT2D eigenvalue weighted by Gasteiger charge is 2.32. The van der Waals surface area contributed by atoms with Crippen LogP contribution in [0.3, 0.4) is 0 Å². The molecule has 0 saturated heterocycles. The van der Waals surface area contributed by atoms with E-state index < -0.39 is 0 Å². The number of hydrogen-bond donors (Lipinski definition) is 0. The molecule has 0 atom stereocenters. The monoisotopic (exact) mass is 304 g/mol. The van der Waals surface area contributed by atoms with Crippen molar-refractivity contribution in [3.05, 3.63) is 40.0 Å². The molecule has 0 amide bonds. The van der Waals surface area contributed by atoms with Crippen LogP contribution in [0.1, 0.15) is 30.5 Å². The lowest BCUT2D eigenvalue weighted by Gasteiger charge is -2.18. The fourth-order valence-electron chi connectivity index (χ4n) is 2.42. The van der Waals surface area contributed by atoms with E-state index >= 15 is 0 Å². The second kappa shape index (κ2) is 4.88. The molecule has 0 unspecified atom stereocenters. The van der Waals surface area contributed by atoms with Crippen LogP contribution in [0.25, 0.3) is 0 Å². The van der Waals surface area contributed by atoms with Gasteiger partial charge in [-0.25, -0.2) is 0 Å². The minimum Gasteiger partial charge on any atom is -0.483 e. The number of rotatable bonds is 2. The van der Waals surface area contributed by atoms with Gasteiger partial charge in [0.05, 0.1) is 0 Å². The zero-order valence-electron chi connectivity index (χ0n) is 12.5. The van der Waals surface area contributed by atoms with Gasteiger partial charge in [0, 0.05) is 17.5 Å². The molecule has 4 nitrogen and oxygen atoms in total. The van der Waals surface area contributed by atoms with Crippen molar-refractivity contribution in [1.29, 1.82) is 0 Å². The van der Waals surface area contributed by atoms with Crippen LogP contribution in [0.5, 0.6) is 17.4 Å². The van der Waals surface area contributed by atoms with Gasteiger partial charge >= 0.3 is 0 Å². The van der Waals surface area contributed by atoms with E-state index in [2.05, 4.69) is 30.1 Å². The van der Waals surface area contributed by atoms with Gasteiger partial charge in [-0.2, -0.15) is 0 Å². The molecule has 0 saturated carbocycles. The van der Waals surface area contributed by atoms with Crippen LogP contribution in [0.2, 0.25) is 5.15 Å². The number of halogens is 1. The Morgan fingerprint density at radius 1 is 1.19 bits per heavy atom. The minimum atomic E-state index is -0.210. The molecular weight excluding hydrogens is 288 g/mol. The number of fused-ring (bicyclic) bond motifs is 1. The molecule has 1 aromatic heterocycles. The Balaban J connectivity index is 1.98. The number of para-hydroxylation sites is 1. The van der Waals surface area contributed by atoms with E-state index in [-0.39, 0.29) is 5.60 Å². The third-order valence-electron chi connectivity index (χ3n) is 3.68. The lowest BCUT2D eigenvalue weighted by molar-refractivity contribution is 0.135. The highest BCUT2D eigenvalue weighted by atomic mass is 35.5. The quantitative estimate of drug-likeness (QED) is 0.832. The first-order chi connectivity index (χ1) is 9.87. The molecule has 0 N–H and O–H groups in total. The van der Waals surface area contributed by atoms with Crippen molar-refractivity contribution in [3.63, 3.8) is 0 Å². The van der Waals surface area contributed by atoms with E-state index in [9.17, 15) is 0 Å². The third-order valence-corrected chi connectivity index (χ3v) is 4.04. The summed E-state index contributed by atoms with van der Waals surface area (Å²) in [5, 5.41) is 8.34. The second-order valence-corrected chi connectivity index (χ2v) is 6.29. The molecular formula is C16H17ClN2O2. The number of aromatic nitrogens is 2. The van der Waals surface area contributed by atoms with Gasteiger partial charge in [-0.05, 0) is 39.3 Å². The van der Waals surface area contributed by atoms with Crippen molar-refractivity contribution < 1.29 is 9.47 Å². The van der Waals surface area contributed by atoms with Gasteiger partial charge in [-0.1, -0.05) is 23.7 Å². The first-order valence-corrected chi connectivity index (χ1v) is 7.23. The van der Waals surface area contributed by atoms with Crippen molar-refractivity contribution in [2.24, 2.45) is 0 Å². The molecule has 1 aliphatic heterocycles. The Morgan fingerprint density at radius 2 is 1.95 bits per heavy atom. The summed E-state index contributed by atoms with van der Waals surface area (Å²) >= 11 is 5.97. The van der Waals surface area contributed by atoms with Crippen molar-refractivity contribution >= 4 is 11.6 Å². The predicted molar refractivity (Wildman–Crippen MR) is 81.4 cm³/mol. The Kier molecular flexibility index (Phi) is 3.29. The average Bonchev–Trinajstić information content (AvgIpc) is 2.74. The van der Waals surface area contributed by atoms with Crippen LogP contribution >= 0.6 is 11.6 Å². The summed E-state index contributed by atoms with van der Waals surface area (Å²) in [4.78, 5) is 0. The fourth-order valence-corrected chi connectivity index (χ4v) is 2.60. The van der Waals surface area contributed by atoms with Crippen molar-refractivity contribution in [2.75, 3.05) is 0 Å². The van der Waals surface area contributed by atoms with Crippen LogP contribution < -0.4 is 9.47 Å². The van der Waals surface area contributed by atoms with Crippen LogP contribution in [0, 0.1) is 13.8 Å². The predicted octanol–water partition coefficient (Wildman–Crippen LogP) is 4.25. The third kappa shape index (κ3) is 2.56. The minimum absolute atomic E-state index is 0.210. The van der Waals surface area contributed by atoms with Gasteiger partial charge in [0.1, 0.15) is 5.60 Å². The van der Waals surface area contributed by atoms with E-state index in [1.807, 2.05) is 26.0 Å². The maximum absolute atomic E-state index is 5.99. The number of nitrogens with zero attached hydrogens (tertiary/aromatic N) is 2. The van der Waals surface area contributed by atoms with Crippen LogP contribution in [-0.2, 0) is 6.42 Å². The molecule has 5 heteroatoms. The van der Waals surface area contributed by atoms with E-state index in [1.54, 1.807) is 0 Å². The molecule has 0 fully saturated rings. The molecule has 2 aromatic rings. The zero-order valence-corrected chi connectivity index (χ0v) is 13.3. The maximum atomic E-state index is 5.99. The molecule has 0 radical (unpaired) electrons. The summed E-state index contributed by atoms with van der Waals surface area (Å²) in [6.07, 6.45) is 0.865. The van der Waals surface area contributed by atoms with Gasteiger partial charge in [-0.3, -0.25) is 0 Å². The second-order valence-electron chi connectivity index (χ2n) is 5.93. The summed E-state index contributed by atoms with van der Waals surface area (Å²) in [5.74, 6) is 1.91. The summed E-state index contributed by atoms with van der Waals surface area (Å²) in [6.45, 7) is 7.94. The molecule has 0 bridgehead atoms. The lowest BCUT2D eigenvalue weighted by atomic mass is 10.0. The summed E-state index contributed by atoms with van der Waals surface area (Å²) < 4.78 is 11.9. The summed E-state index contributed by atoms with van der Waals surface area (Å²) in [7, 11) is 0. The smallest absolute Gasteiger partial charge is 0.242 e. The van der Waals surface area contributed by atoms with Crippen LogP contribution in [0.4, 0.5) is 0 Å². The van der Waals surface area contributed by atoms with Crippen molar-refractivity contribution in [1.82, 2.24) is 10.2 Å². The summed E-state index contributed by atoms with van der Waals surface area (Å²) in [6, 6.07) is 5.90. The topological polar surface area (TPSA) is 44.2 Å². The summed E-state index contributed by atoms with van der Waals surface area (Å²) in [5.41, 5.74) is 2.69. The molecule has 21 heavy (non-hydrogen) atoms. The van der Waals surface area contributed by atoms with Crippen LogP contribution in [-0.4, -0.2) is 15.8 Å². The van der Waals surface area contributed by atoms with Gasteiger partial charge in [0.25, 0.3) is 0 Å². The molecule has 2 heterocycles. The Morgan fingerprint density at radius 3 is 2.71 bits per heavy atom. The molecule has 0 spiro atoms. The molecule has 3 rings (SSSR count). The SMILES string of the molecule is Cc1c(Cl)nnc(Oc2cccc3c2OC(C)(C)C3)c1C. The number of ether oxygens (including phenoxy) is 2. The van der Waals surface area contributed by atoms with Crippen LogP contribution in [0.15, 0.2) is 18.2 Å². The number of hydrogen-bond acceptors (Lipinski definition) is 4. The van der Waals surface area contributed by atoms with Crippen molar-refractivity contribution in [2.45, 2.75) is 39.7 Å². The standard InChI is InChI=1S/C16H17ClN2O2/c1-9-10(2)15(19-18-14(9)17)20-12-7-5-6-11-8-16(3,4)21-13(11)12/h5-7H,8H2,1-4H3. The number of benzene rings is 1. The normalized spacial score (nSPS) is 15.5. The lowest BCUT2D eigenvalue weighted by Crippen LogP contribution is -2.24. The van der Waals surface area contributed by atoms with E-state index in [0.717, 1.165) is 28.9 Å². The fraction of sp³-hybridized carbons (Fsp3) is 0.375. The maximum Gasteiger partial charge on any atom is 0.242 e. The average molecular weight is 305 g/mol. The molecule has 1 aliphatic rings. The molecule has 0 aliphatic carbocycles. The first kappa shape index (κ1) is 14.1. The Labute approximate surface area is 129 Å². The first-order valence-electron chi connectivity index (χ1n) is 6.85. The molecule has 110 valence electrons. The van der Waals surface area contributed by atoms with Crippen molar-refractivity contribution in [3.8, 4) is 17.4 Å². The van der Waals surface area contributed by atoms with Gasteiger partial charge in [0.15, 0.2) is 16.7 Å². The largest absolute Gasteiger partial charge is 0.483 e. The Hall–Kier alpha value is -1.81. The van der Waals surface area contributed by atoms with E-state index in [1.165, 1.54) is 0 Å². The van der Waals surface area contributed by atoms with Gasteiger partial charge < -0.3 is 9.47 Å². The highest BCUT2D eigenvalue weighted by molar-refractivity contribution is 6.30. The Bertz CT molecular complexity index is 714. The van der Waals surface area contributed by atoms with Gasteiger partial charge in [0.2, 0.25) is 5.88 Å². The molecule has 1 aromatic carbocycles. The highest BCUT2D eigenvalue weighted by Crippen LogP contribution is 2.43. The zero-order chi connectivity index (χ0) is 15.2. The van der Waals surface area contributed by atoms with Gasteiger partial charge in [-0.15, -0.1) is 10.2 Å².